The second-order valence-corrected chi connectivity index (χ2v) is 12.9. The average molecular weight is 423 g/mol. The lowest BCUT2D eigenvalue weighted by molar-refractivity contribution is 0.0706. The molecular weight excluding hydrogens is 376 g/mol. The fourth-order valence-electron chi connectivity index (χ4n) is 3.63. The van der Waals surface area contributed by atoms with Gasteiger partial charge in [-0.1, -0.05) is 39.0 Å². The van der Waals surface area contributed by atoms with E-state index >= 15 is 0 Å². The minimum atomic E-state index is -2.46. The number of hydrogen-bond donors (Lipinski definition) is 0. The van der Waals surface area contributed by atoms with E-state index in [0.717, 1.165) is 44.2 Å². The van der Waals surface area contributed by atoms with Gasteiger partial charge in [0.05, 0.1) is 0 Å². The molecule has 0 aromatic heterocycles. The molecule has 164 valence electrons. The van der Waals surface area contributed by atoms with Crippen LogP contribution in [-0.4, -0.2) is 50.4 Å². The SMILES string of the molecule is CCC[Si](CCCCCCC[Si](OCC)(OCC)OCC)(OCC)OCC. The molecule has 5 nitrogen and oxygen atoms in total. The van der Waals surface area contributed by atoms with Crippen LogP contribution in [0, 0.1) is 0 Å². The lowest BCUT2D eigenvalue weighted by atomic mass is 10.2. The highest BCUT2D eigenvalue weighted by molar-refractivity contribution is 6.67. The smallest absolute Gasteiger partial charge is 0.394 e. The van der Waals surface area contributed by atoms with Crippen molar-refractivity contribution in [3.05, 3.63) is 0 Å². The van der Waals surface area contributed by atoms with E-state index in [1.165, 1.54) is 25.7 Å². The fraction of sp³-hybridized carbons (Fsp3) is 1.00. The van der Waals surface area contributed by atoms with E-state index in [2.05, 4.69) is 20.8 Å². The normalized spacial score (nSPS) is 12.7. The van der Waals surface area contributed by atoms with Crippen molar-refractivity contribution in [2.24, 2.45) is 0 Å². The summed E-state index contributed by atoms with van der Waals surface area (Å²) in [5.74, 6) is 0. The molecule has 0 heterocycles. The largest absolute Gasteiger partial charge is 0.500 e. The van der Waals surface area contributed by atoms with Crippen LogP contribution in [0.4, 0.5) is 0 Å². The maximum Gasteiger partial charge on any atom is 0.500 e. The molecule has 0 aliphatic carbocycles. The summed E-state index contributed by atoms with van der Waals surface area (Å²) in [4.78, 5) is 0. The first-order valence-corrected chi connectivity index (χ1v) is 15.4. The molecule has 0 saturated heterocycles. The van der Waals surface area contributed by atoms with Crippen LogP contribution >= 0.6 is 0 Å². The van der Waals surface area contributed by atoms with Crippen LogP contribution < -0.4 is 0 Å². The molecule has 0 radical (unpaired) electrons. The van der Waals surface area contributed by atoms with Gasteiger partial charge < -0.3 is 22.1 Å². The van der Waals surface area contributed by atoms with Crippen LogP contribution in [0.3, 0.4) is 0 Å². The molecule has 0 aliphatic rings. The Balaban J connectivity index is 4.24. The Hall–Kier alpha value is 0.234. The van der Waals surface area contributed by atoms with Crippen molar-refractivity contribution < 1.29 is 22.1 Å². The van der Waals surface area contributed by atoms with Gasteiger partial charge in [-0.15, -0.1) is 0 Å². The average Bonchev–Trinajstić information content (AvgIpc) is 2.62. The molecule has 0 rings (SSSR count). The highest BCUT2D eigenvalue weighted by atomic mass is 28.4. The van der Waals surface area contributed by atoms with Gasteiger partial charge in [-0.25, -0.2) is 0 Å². The van der Waals surface area contributed by atoms with Crippen molar-refractivity contribution in [3.8, 4) is 0 Å². The van der Waals surface area contributed by atoms with E-state index in [1.807, 2.05) is 20.8 Å². The zero-order valence-corrected chi connectivity index (χ0v) is 20.9. The minimum absolute atomic E-state index is 0.658. The summed E-state index contributed by atoms with van der Waals surface area (Å²) in [7, 11) is -4.44. The molecule has 0 fully saturated rings. The Kier molecular flexibility index (Phi) is 17.3. The molecule has 0 aromatic rings. The Morgan fingerprint density at radius 2 is 0.852 bits per heavy atom. The molecule has 0 bridgehead atoms. The van der Waals surface area contributed by atoms with Gasteiger partial charge in [0.25, 0.3) is 0 Å². The number of hydrogen-bond acceptors (Lipinski definition) is 5. The molecule has 27 heavy (non-hydrogen) atoms. The molecule has 0 atom stereocenters. The first kappa shape index (κ1) is 27.2. The predicted octanol–water partition coefficient (Wildman–Crippen LogP) is 5.91. The Labute approximate surface area is 171 Å². The first-order chi connectivity index (χ1) is 13.1. The van der Waals surface area contributed by atoms with Gasteiger partial charge in [0.15, 0.2) is 0 Å². The van der Waals surface area contributed by atoms with E-state index in [4.69, 9.17) is 22.1 Å². The van der Waals surface area contributed by atoms with Gasteiger partial charge in [-0.05, 0) is 53.1 Å². The first-order valence-electron chi connectivity index (χ1n) is 11.3. The summed E-state index contributed by atoms with van der Waals surface area (Å²) in [6.07, 6.45) is 7.14. The second-order valence-electron chi connectivity index (χ2n) is 6.78. The molecule has 0 aromatic carbocycles. The lowest BCUT2D eigenvalue weighted by Gasteiger charge is -2.30. The van der Waals surface area contributed by atoms with Crippen molar-refractivity contribution in [3.63, 3.8) is 0 Å². The molecule has 0 amide bonds. The topological polar surface area (TPSA) is 46.2 Å². The standard InChI is InChI=1S/C20H46O5Si2/c1-7-18-26(21-8-2,22-9-3)19-16-14-13-15-17-20-27(23-10-4,24-11-5)25-12-6/h7-20H2,1-6H3. The summed E-state index contributed by atoms with van der Waals surface area (Å²) in [6, 6.07) is 3.16. The molecule has 0 aliphatic heterocycles. The van der Waals surface area contributed by atoms with E-state index < -0.39 is 17.4 Å². The summed E-state index contributed by atoms with van der Waals surface area (Å²) in [6.45, 7) is 16.0. The van der Waals surface area contributed by atoms with Crippen molar-refractivity contribution in [2.75, 3.05) is 33.0 Å². The molecule has 0 unspecified atom stereocenters. The van der Waals surface area contributed by atoms with Crippen LogP contribution in [0.15, 0.2) is 0 Å². The molecule has 0 N–H and O–H groups in total. The third-order valence-corrected chi connectivity index (χ3v) is 11.7. The summed E-state index contributed by atoms with van der Waals surface area (Å²) in [5.41, 5.74) is 0. The maximum atomic E-state index is 6.14. The number of rotatable bonds is 20. The van der Waals surface area contributed by atoms with Gasteiger partial charge in [0.2, 0.25) is 0 Å². The molecule has 0 saturated carbocycles. The van der Waals surface area contributed by atoms with Gasteiger partial charge >= 0.3 is 17.4 Å². The Bertz CT molecular complexity index is 267. The van der Waals surface area contributed by atoms with Crippen LogP contribution in [0.25, 0.3) is 0 Å². The highest BCUT2D eigenvalue weighted by Crippen LogP contribution is 2.25. The van der Waals surface area contributed by atoms with E-state index in [9.17, 15) is 0 Å². The van der Waals surface area contributed by atoms with Crippen molar-refractivity contribution in [2.45, 2.75) is 98.2 Å². The van der Waals surface area contributed by atoms with Crippen molar-refractivity contribution >= 4 is 17.4 Å². The van der Waals surface area contributed by atoms with Gasteiger partial charge in [-0.2, -0.15) is 0 Å². The van der Waals surface area contributed by atoms with Crippen LogP contribution in [0.5, 0.6) is 0 Å². The van der Waals surface area contributed by atoms with Crippen LogP contribution in [0.2, 0.25) is 18.1 Å². The van der Waals surface area contributed by atoms with Gasteiger partial charge in [-0.3, -0.25) is 0 Å². The summed E-state index contributed by atoms with van der Waals surface area (Å²) < 4.78 is 30.1. The zero-order valence-electron chi connectivity index (χ0n) is 18.9. The summed E-state index contributed by atoms with van der Waals surface area (Å²) >= 11 is 0. The monoisotopic (exact) mass is 422 g/mol. The van der Waals surface area contributed by atoms with Crippen LogP contribution in [-0.2, 0) is 22.1 Å². The third-order valence-electron chi connectivity index (χ3n) is 4.58. The Morgan fingerprint density at radius 3 is 1.26 bits per heavy atom. The number of unbranched alkanes of at least 4 members (excludes halogenated alkanes) is 4. The predicted molar refractivity (Wildman–Crippen MR) is 117 cm³/mol. The van der Waals surface area contributed by atoms with Crippen molar-refractivity contribution in [1.29, 1.82) is 0 Å². The van der Waals surface area contributed by atoms with Crippen molar-refractivity contribution in [1.82, 2.24) is 0 Å². The van der Waals surface area contributed by atoms with E-state index in [1.54, 1.807) is 0 Å². The molecule has 7 heteroatoms. The quantitative estimate of drug-likeness (QED) is 0.180. The van der Waals surface area contributed by atoms with Gasteiger partial charge in [0.1, 0.15) is 0 Å². The van der Waals surface area contributed by atoms with E-state index in [-0.39, 0.29) is 0 Å². The fourth-order valence-corrected chi connectivity index (χ4v) is 9.83. The summed E-state index contributed by atoms with van der Waals surface area (Å²) in [5, 5.41) is 0. The maximum absolute atomic E-state index is 6.14. The third kappa shape index (κ3) is 11.7. The van der Waals surface area contributed by atoms with Gasteiger partial charge in [0, 0.05) is 39.1 Å². The second kappa shape index (κ2) is 17.1. The zero-order chi connectivity index (χ0) is 20.4. The molecule has 0 spiro atoms. The minimum Gasteiger partial charge on any atom is -0.394 e. The highest BCUT2D eigenvalue weighted by Gasteiger charge is 2.39. The molecular formula is C20H46O5Si2. The Morgan fingerprint density at radius 1 is 0.444 bits per heavy atom. The van der Waals surface area contributed by atoms with Crippen LogP contribution in [0.1, 0.15) is 80.1 Å². The lowest BCUT2D eigenvalue weighted by Crippen LogP contribution is -2.45. The van der Waals surface area contributed by atoms with E-state index in [0.29, 0.717) is 19.8 Å².